The second kappa shape index (κ2) is 5.77. The smallest absolute Gasteiger partial charge is 0.135 e. The highest BCUT2D eigenvalue weighted by Gasteiger charge is 2.27. The molecule has 1 aromatic heterocycles. The Morgan fingerprint density at radius 3 is 2.90 bits per heavy atom. The van der Waals surface area contributed by atoms with E-state index in [1.807, 2.05) is 24.3 Å². The van der Waals surface area contributed by atoms with E-state index in [9.17, 15) is 0 Å². The summed E-state index contributed by atoms with van der Waals surface area (Å²) in [6.45, 7) is 0.591. The fourth-order valence-electron chi connectivity index (χ4n) is 2.08. The van der Waals surface area contributed by atoms with E-state index in [0.717, 1.165) is 35.7 Å². The molecule has 1 N–H and O–H groups in total. The van der Waals surface area contributed by atoms with Crippen LogP contribution in [0.5, 0.6) is 0 Å². The van der Waals surface area contributed by atoms with Crippen LogP contribution in [-0.4, -0.2) is 17.1 Å². The number of nitrogens with one attached hydrogen (secondary N) is 1. The first-order valence-corrected chi connectivity index (χ1v) is 7.02. The largest absolute Gasteiger partial charge is 0.380 e. The van der Waals surface area contributed by atoms with Gasteiger partial charge in [0.05, 0.1) is 6.61 Å². The Morgan fingerprint density at radius 2 is 2.15 bits per heavy atom. The molecule has 3 rings (SSSR count). The second-order valence-electron chi connectivity index (χ2n) is 4.97. The number of hydrogen-bond acceptors (Lipinski definition) is 4. The van der Waals surface area contributed by atoms with Gasteiger partial charge in [-0.15, -0.1) is 0 Å². The minimum absolute atomic E-state index is 0.481. The lowest BCUT2D eigenvalue weighted by atomic mass is 10.2. The molecule has 0 saturated heterocycles. The molecule has 1 aliphatic carbocycles. The predicted octanol–water partition coefficient (Wildman–Crippen LogP) is 3.90. The lowest BCUT2D eigenvalue weighted by molar-refractivity contribution is 0.185. The van der Waals surface area contributed by atoms with Crippen molar-refractivity contribution in [1.29, 1.82) is 0 Å². The van der Waals surface area contributed by atoms with Crippen molar-refractivity contribution in [2.45, 2.75) is 25.4 Å². The number of methoxy groups -OCH3 is 1. The summed E-state index contributed by atoms with van der Waals surface area (Å²) in [6, 6.07) is 9.79. The van der Waals surface area contributed by atoms with Crippen molar-refractivity contribution in [2.24, 2.45) is 0 Å². The molecule has 0 atom stereocenters. The molecule has 2 aromatic rings. The van der Waals surface area contributed by atoms with E-state index >= 15 is 0 Å². The number of aromatic nitrogens is 2. The Labute approximate surface area is 123 Å². The van der Waals surface area contributed by atoms with Gasteiger partial charge in [0.2, 0.25) is 0 Å². The molecule has 5 heteroatoms. The normalized spacial score (nSPS) is 14.3. The molecule has 104 valence electrons. The average molecular weight is 290 g/mol. The van der Waals surface area contributed by atoms with E-state index in [0.29, 0.717) is 17.7 Å². The van der Waals surface area contributed by atoms with Crippen LogP contribution in [0.15, 0.2) is 30.3 Å². The van der Waals surface area contributed by atoms with Gasteiger partial charge in [-0.3, -0.25) is 0 Å². The highest BCUT2D eigenvalue weighted by Crippen LogP contribution is 2.39. The Hall–Kier alpha value is -1.65. The molecular formula is C15H16ClN3O. The van der Waals surface area contributed by atoms with E-state index in [1.165, 1.54) is 0 Å². The zero-order chi connectivity index (χ0) is 13.9. The molecule has 1 saturated carbocycles. The highest BCUT2D eigenvalue weighted by atomic mass is 35.5. The fraction of sp³-hybridized carbons (Fsp3) is 0.333. The Balaban J connectivity index is 1.81. The van der Waals surface area contributed by atoms with E-state index in [-0.39, 0.29) is 0 Å². The summed E-state index contributed by atoms with van der Waals surface area (Å²) in [6.07, 6.45) is 2.31. The van der Waals surface area contributed by atoms with Crippen molar-refractivity contribution < 1.29 is 4.74 Å². The van der Waals surface area contributed by atoms with Crippen LogP contribution in [0.25, 0.3) is 0 Å². The van der Waals surface area contributed by atoms with Gasteiger partial charge < -0.3 is 10.1 Å². The second-order valence-corrected chi connectivity index (χ2v) is 5.35. The SMILES string of the molecule is COCc1cccc(Nc2cc(Cl)nc(C3CC3)n2)c1. The van der Waals surface area contributed by atoms with E-state index in [1.54, 1.807) is 13.2 Å². The molecular weight excluding hydrogens is 274 g/mol. The van der Waals surface area contributed by atoms with Gasteiger partial charge in [-0.25, -0.2) is 9.97 Å². The quantitative estimate of drug-likeness (QED) is 0.848. The molecule has 0 aliphatic heterocycles. The van der Waals surface area contributed by atoms with Gasteiger partial charge in [-0.05, 0) is 30.5 Å². The maximum absolute atomic E-state index is 6.06. The molecule has 1 heterocycles. The molecule has 0 spiro atoms. The van der Waals surface area contributed by atoms with Gasteiger partial charge in [0.1, 0.15) is 16.8 Å². The standard InChI is InChI=1S/C15H16ClN3O/c1-20-9-10-3-2-4-12(7-10)17-14-8-13(16)18-15(19-14)11-5-6-11/h2-4,7-8,11H,5-6,9H2,1H3,(H,17,18,19). The summed E-state index contributed by atoms with van der Waals surface area (Å²) < 4.78 is 5.14. The lowest BCUT2D eigenvalue weighted by Gasteiger charge is -2.09. The van der Waals surface area contributed by atoms with Gasteiger partial charge in [0.15, 0.2) is 0 Å². The summed E-state index contributed by atoms with van der Waals surface area (Å²) in [4.78, 5) is 8.81. The molecule has 20 heavy (non-hydrogen) atoms. The summed E-state index contributed by atoms with van der Waals surface area (Å²) in [7, 11) is 1.69. The van der Waals surface area contributed by atoms with Crippen LogP contribution < -0.4 is 5.32 Å². The summed E-state index contributed by atoms with van der Waals surface area (Å²) in [5, 5.41) is 3.76. The van der Waals surface area contributed by atoms with Gasteiger partial charge in [-0.2, -0.15) is 0 Å². The average Bonchev–Trinajstić information content (AvgIpc) is 3.23. The monoisotopic (exact) mass is 289 g/mol. The third-order valence-electron chi connectivity index (χ3n) is 3.17. The van der Waals surface area contributed by atoms with Crippen LogP contribution >= 0.6 is 11.6 Å². The van der Waals surface area contributed by atoms with Crippen molar-refractivity contribution in [3.8, 4) is 0 Å². The Morgan fingerprint density at radius 1 is 1.30 bits per heavy atom. The number of rotatable bonds is 5. The summed E-state index contributed by atoms with van der Waals surface area (Å²) in [5.74, 6) is 2.06. The summed E-state index contributed by atoms with van der Waals surface area (Å²) in [5.41, 5.74) is 2.08. The molecule has 0 unspecified atom stereocenters. The Kier molecular flexibility index (Phi) is 3.85. The first kappa shape index (κ1) is 13.3. The number of anilines is 2. The van der Waals surface area contributed by atoms with Gasteiger partial charge in [-0.1, -0.05) is 23.7 Å². The first-order valence-electron chi connectivity index (χ1n) is 6.64. The van der Waals surface area contributed by atoms with E-state index < -0.39 is 0 Å². The van der Waals surface area contributed by atoms with Gasteiger partial charge in [0, 0.05) is 24.8 Å². The van der Waals surface area contributed by atoms with Crippen LogP contribution in [0.3, 0.4) is 0 Å². The minimum atomic E-state index is 0.481. The molecule has 0 radical (unpaired) electrons. The minimum Gasteiger partial charge on any atom is -0.380 e. The predicted molar refractivity (Wildman–Crippen MR) is 79.5 cm³/mol. The molecule has 4 nitrogen and oxygen atoms in total. The van der Waals surface area contributed by atoms with Crippen LogP contribution in [0.4, 0.5) is 11.5 Å². The van der Waals surface area contributed by atoms with Crippen molar-refractivity contribution in [3.05, 3.63) is 46.9 Å². The van der Waals surface area contributed by atoms with Crippen LogP contribution in [0, 0.1) is 0 Å². The number of ether oxygens (including phenoxy) is 1. The van der Waals surface area contributed by atoms with Crippen molar-refractivity contribution in [3.63, 3.8) is 0 Å². The maximum atomic E-state index is 6.06. The number of hydrogen-bond donors (Lipinski definition) is 1. The van der Waals surface area contributed by atoms with Crippen molar-refractivity contribution in [1.82, 2.24) is 9.97 Å². The first-order chi connectivity index (χ1) is 9.74. The Bertz CT molecular complexity index is 614. The van der Waals surface area contributed by atoms with Crippen LogP contribution in [0.2, 0.25) is 5.15 Å². The number of benzene rings is 1. The number of nitrogens with zero attached hydrogens (tertiary/aromatic N) is 2. The lowest BCUT2D eigenvalue weighted by Crippen LogP contribution is -2.00. The third-order valence-corrected chi connectivity index (χ3v) is 3.36. The van der Waals surface area contributed by atoms with E-state index in [2.05, 4.69) is 15.3 Å². The molecule has 0 bridgehead atoms. The van der Waals surface area contributed by atoms with Crippen molar-refractivity contribution in [2.75, 3.05) is 12.4 Å². The third kappa shape index (κ3) is 3.26. The zero-order valence-corrected chi connectivity index (χ0v) is 12.0. The van der Waals surface area contributed by atoms with Gasteiger partial charge >= 0.3 is 0 Å². The van der Waals surface area contributed by atoms with E-state index in [4.69, 9.17) is 16.3 Å². The molecule has 1 aromatic carbocycles. The van der Waals surface area contributed by atoms with Gasteiger partial charge in [0.25, 0.3) is 0 Å². The maximum Gasteiger partial charge on any atom is 0.135 e. The van der Waals surface area contributed by atoms with Crippen LogP contribution in [-0.2, 0) is 11.3 Å². The molecule has 1 fully saturated rings. The topological polar surface area (TPSA) is 47.0 Å². The molecule has 1 aliphatic rings. The van der Waals surface area contributed by atoms with Crippen LogP contribution in [0.1, 0.15) is 30.1 Å². The fourth-order valence-corrected chi connectivity index (χ4v) is 2.27. The molecule has 0 amide bonds. The van der Waals surface area contributed by atoms with Crippen molar-refractivity contribution >= 4 is 23.1 Å². The zero-order valence-electron chi connectivity index (χ0n) is 11.3. The highest BCUT2D eigenvalue weighted by molar-refractivity contribution is 6.29. The summed E-state index contributed by atoms with van der Waals surface area (Å²) >= 11 is 6.06. The number of halogens is 1.